The van der Waals surface area contributed by atoms with E-state index in [1.807, 2.05) is 30.3 Å². The highest BCUT2D eigenvalue weighted by Crippen LogP contribution is 2.17. The molecule has 0 heterocycles. The van der Waals surface area contributed by atoms with E-state index >= 15 is 0 Å². The number of nitro groups is 1. The predicted molar refractivity (Wildman–Crippen MR) is 90.9 cm³/mol. The third-order valence-corrected chi connectivity index (χ3v) is 3.06. The molecule has 0 aliphatic heterocycles. The number of hydrogen-bond acceptors (Lipinski definition) is 5. The second-order valence-electron chi connectivity index (χ2n) is 4.20. The van der Waals surface area contributed by atoms with Crippen LogP contribution in [0.25, 0.3) is 0 Å². The maximum atomic E-state index is 10.6. The van der Waals surface area contributed by atoms with E-state index in [-0.39, 0.29) is 5.69 Å². The van der Waals surface area contributed by atoms with Crippen LogP contribution >= 0.6 is 12.2 Å². The van der Waals surface area contributed by atoms with Crippen LogP contribution < -0.4 is 16.1 Å². The molecule has 0 aliphatic rings. The van der Waals surface area contributed by atoms with E-state index in [0.717, 1.165) is 5.69 Å². The summed E-state index contributed by atoms with van der Waals surface area (Å²) >= 11 is 5.32. The Bertz CT molecular complexity index is 688. The fourth-order valence-corrected chi connectivity index (χ4v) is 2.01. The minimum atomic E-state index is -0.459. The summed E-state index contributed by atoms with van der Waals surface area (Å²) in [6.45, 7) is 0. The number of rotatable bonds is 4. The molecular formula is C14H13N5O2S. The van der Waals surface area contributed by atoms with Crippen molar-refractivity contribution in [1.29, 1.82) is 0 Å². The molecule has 0 aliphatic carbocycles. The van der Waals surface area contributed by atoms with E-state index < -0.39 is 4.92 Å². The molecule has 2 aromatic carbocycles. The zero-order valence-electron chi connectivity index (χ0n) is 11.4. The number of hydrogen-bond donors (Lipinski definition) is 2. The van der Waals surface area contributed by atoms with Crippen LogP contribution in [0.15, 0.2) is 59.7 Å². The zero-order chi connectivity index (χ0) is 15.9. The summed E-state index contributed by atoms with van der Waals surface area (Å²) in [6, 6.07) is 15.3. The predicted octanol–water partition coefficient (Wildman–Crippen LogP) is 2.70. The largest absolute Gasteiger partial charge is 0.332 e. The van der Waals surface area contributed by atoms with E-state index in [1.165, 1.54) is 18.5 Å². The van der Waals surface area contributed by atoms with Gasteiger partial charge in [-0.25, -0.2) is 0 Å². The summed E-state index contributed by atoms with van der Waals surface area (Å²) in [5.41, 5.74) is 1.43. The first kappa shape index (κ1) is 15.4. The van der Waals surface area contributed by atoms with Gasteiger partial charge in [-0.15, -0.1) is 0 Å². The van der Waals surface area contributed by atoms with Crippen LogP contribution in [-0.4, -0.2) is 16.4 Å². The highest BCUT2D eigenvalue weighted by Gasteiger charge is 2.11. The highest BCUT2D eigenvalue weighted by molar-refractivity contribution is 7.80. The summed E-state index contributed by atoms with van der Waals surface area (Å²) < 4.78 is 0. The first-order valence-corrected chi connectivity index (χ1v) is 6.65. The number of nitrogens with one attached hydrogen (secondary N) is 1. The van der Waals surface area contributed by atoms with Crippen molar-refractivity contribution in [1.82, 2.24) is 0 Å². The quantitative estimate of drug-likeness (QED) is 0.225. The van der Waals surface area contributed by atoms with Gasteiger partial charge in [-0.3, -0.25) is 15.0 Å². The van der Waals surface area contributed by atoms with Crippen LogP contribution in [0.1, 0.15) is 0 Å². The van der Waals surface area contributed by atoms with Crippen LogP contribution in [-0.2, 0) is 0 Å². The molecule has 0 amide bonds. The van der Waals surface area contributed by atoms with Gasteiger partial charge in [0.2, 0.25) is 0 Å². The Labute approximate surface area is 132 Å². The molecule has 0 spiro atoms. The first-order chi connectivity index (χ1) is 10.6. The second-order valence-corrected chi connectivity index (χ2v) is 4.59. The average Bonchev–Trinajstić information content (AvgIpc) is 2.53. The smallest absolute Gasteiger partial charge is 0.269 e. The number of thiocarbonyl (C=S) groups is 1. The Hall–Kier alpha value is -3.00. The Morgan fingerprint density at radius 1 is 1.23 bits per heavy atom. The lowest BCUT2D eigenvalue weighted by molar-refractivity contribution is -0.384. The van der Waals surface area contributed by atoms with Crippen LogP contribution in [0, 0.1) is 10.1 Å². The molecule has 0 atom stereocenters. The van der Waals surface area contributed by atoms with Crippen molar-refractivity contribution in [3.8, 4) is 0 Å². The van der Waals surface area contributed by atoms with Gasteiger partial charge in [0, 0.05) is 23.5 Å². The normalized spacial score (nSPS) is 10.4. The number of anilines is 2. The van der Waals surface area contributed by atoms with Gasteiger partial charge in [-0.1, -0.05) is 18.2 Å². The second kappa shape index (κ2) is 7.14. The van der Waals surface area contributed by atoms with E-state index in [1.54, 1.807) is 17.0 Å². The van der Waals surface area contributed by atoms with Crippen molar-refractivity contribution in [3.63, 3.8) is 0 Å². The Morgan fingerprint density at radius 3 is 2.41 bits per heavy atom. The number of benzene rings is 2. The fraction of sp³-hybridized carbons (Fsp3) is 0. The van der Waals surface area contributed by atoms with Gasteiger partial charge < -0.3 is 11.2 Å². The summed E-state index contributed by atoms with van der Waals surface area (Å²) in [7, 11) is 0. The number of para-hydroxylation sites is 1. The minimum Gasteiger partial charge on any atom is -0.332 e. The molecule has 8 heteroatoms. The third-order valence-electron chi connectivity index (χ3n) is 2.76. The molecule has 0 bridgehead atoms. The van der Waals surface area contributed by atoms with Gasteiger partial charge in [-0.05, 0) is 36.5 Å². The molecular weight excluding hydrogens is 302 g/mol. The van der Waals surface area contributed by atoms with E-state index in [4.69, 9.17) is 18.1 Å². The van der Waals surface area contributed by atoms with Gasteiger partial charge in [0.1, 0.15) is 6.34 Å². The molecule has 0 saturated heterocycles. The van der Waals surface area contributed by atoms with Gasteiger partial charge in [0.05, 0.1) is 4.92 Å². The van der Waals surface area contributed by atoms with Gasteiger partial charge in [0.25, 0.3) is 5.69 Å². The number of nitrogens with two attached hydrogens (primary N) is 1. The van der Waals surface area contributed by atoms with Crippen molar-refractivity contribution in [3.05, 3.63) is 64.7 Å². The third kappa shape index (κ3) is 3.76. The van der Waals surface area contributed by atoms with Crippen molar-refractivity contribution in [2.45, 2.75) is 0 Å². The van der Waals surface area contributed by atoms with E-state index in [0.29, 0.717) is 10.8 Å². The molecule has 7 nitrogen and oxygen atoms in total. The SMILES string of the molecule is NN=CN(C(=S)Nc1ccc([N+](=O)[O-])cc1)c1ccccc1. The highest BCUT2D eigenvalue weighted by atomic mass is 32.1. The lowest BCUT2D eigenvalue weighted by atomic mass is 10.3. The average molecular weight is 315 g/mol. The molecule has 2 rings (SSSR count). The van der Waals surface area contributed by atoms with Crippen LogP contribution in [0.3, 0.4) is 0 Å². The van der Waals surface area contributed by atoms with E-state index in [2.05, 4.69) is 10.4 Å². The van der Waals surface area contributed by atoms with Gasteiger partial charge in [0.15, 0.2) is 5.11 Å². The first-order valence-electron chi connectivity index (χ1n) is 6.25. The topological polar surface area (TPSA) is 96.8 Å². The number of nitrogens with zero attached hydrogens (tertiary/aromatic N) is 3. The molecule has 0 aromatic heterocycles. The van der Waals surface area contributed by atoms with Crippen LogP contribution in [0.4, 0.5) is 17.1 Å². The van der Waals surface area contributed by atoms with Gasteiger partial charge in [-0.2, -0.15) is 5.10 Å². The Balaban J connectivity index is 2.16. The Morgan fingerprint density at radius 2 is 1.86 bits per heavy atom. The van der Waals surface area contributed by atoms with Crippen LogP contribution in [0.2, 0.25) is 0 Å². The molecule has 2 aromatic rings. The van der Waals surface area contributed by atoms with Crippen molar-refractivity contribution in [2.24, 2.45) is 10.9 Å². The minimum absolute atomic E-state index is 0.0138. The van der Waals surface area contributed by atoms with Crippen molar-refractivity contribution in [2.75, 3.05) is 10.2 Å². The monoisotopic (exact) mass is 315 g/mol. The standard InChI is InChI=1S/C14H13N5O2S/c15-16-10-18(12-4-2-1-3-5-12)14(22)17-11-6-8-13(9-7-11)19(20)21/h1-10H,15H2,(H,17,22). The fourth-order valence-electron chi connectivity index (χ4n) is 1.74. The maximum Gasteiger partial charge on any atom is 0.269 e. The lowest BCUT2D eigenvalue weighted by Crippen LogP contribution is -2.33. The van der Waals surface area contributed by atoms with Crippen LogP contribution in [0.5, 0.6) is 0 Å². The number of hydrazone groups is 1. The zero-order valence-corrected chi connectivity index (χ0v) is 12.2. The van der Waals surface area contributed by atoms with Crippen molar-refractivity contribution >= 4 is 40.7 Å². The molecule has 0 radical (unpaired) electrons. The molecule has 0 saturated carbocycles. The molecule has 0 unspecified atom stereocenters. The summed E-state index contributed by atoms with van der Waals surface area (Å²) in [6.07, 6.45) is 1.38. The van der Waals surface area contributed by atoms with Crippen molar-refractivity contribution < 1.29 is 4.92 Å². The molecule has 0 fully saturated rings. The number of non-ortho nitro benzene ring substituents is 1. The molecule has 112 valence electrons. The summed E-state index contributed by atoms with van der Waals surface area (Å²) in [5, 5.41) is 17.5. The van der Waals surface area contributed by atoms with Gasteiger partial charge >= 0.3 is 0 Å². The maximum absolute atomic E-state index is 10.6. The summed E-state index contributed by atoms with van der Waals surface area (Å²) in [5.74, 6) is 5.22. The molecule has 3 N–H and O–H groups in total. The van der Waals surface area contributed by atoms with E-state index in [9.17, 15) is 10.1 Å². The lowest BCUT2D eigenvalue weighted by Gasteiger charge is -2.21. The Kier molecular flexibility index (Phi) is 4.99. The molecule has 22 heavy (non-hydrogen) atoms. The number of nitro benzene ring substituents is 1. The summed E-state index contributed by atoms with van der Waals surface area (Å²) in [4.78, 5) is 11.8.